The lowest BCUT2D eigenvalue weighted by Crippen LogP contribution is -2.21. The molecule has 0 rings (SSSR count). The fraction of sp³-hybridized carbons (Fsp3) is 0.500. The van der Waals surface area contributed by atoms with Gasteiger partial charge in [0.25, 0.3) is 11.9 Å². The van der Waals surface area contributed by atoms with E-state index in [0.29, 0.717) is 0 Å². The van der Waals surface area contributed by atoms with E-state index in [9.17, 15) is 9.59 Å². The van der Waals surface area contributed by atoms with Gasteiger partial charge in [0, 0.05) is 13.8 Å². The minimum atomic E-state index is -2.54. The van der Waals surface area contributed by atoms with Crippen LogP contribution in [0, 0.1) is 0 Å². The zero-order valence-electron chi connectivity index (χ0n) is 5.59. The van der Waals surface area contributed by atoms with Crippen LogP contribution >= 0.6 is 10.0 Å². The fourth-order valence-corrected chi connectivity index (χ4v) is 1.61. The second-order valence-electron chi connectivity index (χ2n) is 1.49. The van der Waals surface area contributed by atoms with Gasteiger partial charge < -0.3 is 7.58 Å². The van der Waals surface area contributed by atoms with Crippen molar-refractivity contribution >= 4 is 35.9 Å². The maximum Gasteiger partial charge on any atom is 1.00 e. The topological polar surface area (TPSA) is 52.6 Å². The summed E-state index contributed by atoms with van der Waals surface area (Å²) in [7, 11) is 5.32. The number of hydrogen-bond acceptors (Lipinski definition) is 4. The van der Waals surface area contributed by atoms with E-state index < -0.39 is 25.8 Å². The second kappa shape index (κ2) is 4.56. The highest BCUT2D eigenvalue weighted by molar-refractivity contribution is 7.00. The van der Waals surface area contributed by atoms with Gasteiger partial charge in [-0.25, -0.2) is 0 Å². The van der Waals surface area contributed by atoms with Crippen molar-refractivity contribution in [3.05, 3.63) is 0 Å². The average molecular weight is 181 g/mol. The van der Waals surface area contributed by atoms with Gasteiger partial charge >= 0.3 is 13.9 Å². The van der Waals surface area contributed by atoms with Crippen LogP contribution in [-0.4, -0.2) is 25.8 Å². The van der Waals surface area contributed by atoms with Gasteiger partial charge in [0.1, 0.15) is 0 Å². The molecule has 0 bridgehead atoms. The SMILES string of the molecule is CC(=O)[O][Al]([Cl])[O]C(C)=O. The lowest BCUT2D eigenvalue weighted by molar-refractivity contribution is -0.136. The monoisotopic (exact) mass is 180 g/mol. The Morgan fingerprint density at radius 1 is 1.20 bits per heavy atom. The Balaban J connectivity index is 3.53. The highest BCUT2D eigenvalue weighted by Crippen LogP contribution is 1.95. The van der Waals surface area contributed by atoms with Crippen LogP contribution in [0.5, 0.6) is 0 Å². The Labute approximate surface area is 67.3 Å². The third kappa shape index (κ3) is 5.89. The lowest BCUT2D eigenvalue weighted by Gasteiger charge is -2.03. The summed E-state index contributed by atoms with van der Waals surface area (Å²) in [4.78, 5) is 20.3. The van der Waals surface area contributed by atoms with Crippen molar-refractivity contribution in [2.24, 2.45) is 0 Å². The van der Waals surface area contributed by atoms with E-state index in [1.807, 2.05) is 0 Å². The molecule has 56 valence electrons. The summed E-state index contributed by atoms with van der Waals surface area (Å²) in [6, 6.07) is 0. The van der Waals surface area contributed by atoms with E-state index in [1.165, 1.54) is 13.8 Å². The molecule has 0 fully saturated rings. The highest BCUT2D eigenvalue weighted by Gasteiger charge is 2.32. The van der Waals surface area contributed by atoms with E-state index in [4.69, 9.17) is 10.0 Å². The summed E-state index contributed by atoms with van der Waals surface area (Å²) < 4.78 is 8.77. The molecule has 0 atom stereocenters. The van der Waals surface area contributed by atoms with Crippen molar-refractivity contribution in [3.63, 3.8) is 0 Å². The quantitative estimate of drug-likeness (QED) is 0.575. The highest BCUT2D eigenvalue weighted by atomic mass is 35.6. The molecule has 0 saturated carbocycles. The summed E-state index contributed by atoms with van der Waals surface area (Å²) >= 11 is -2.54. The van der Waals surface area contributed by atoms with Gasteiger partial charge in [0.15, 0.2) is 0 Å². The van der Waals surface area contributed by atoms with Crippen LogP contribution in [0.15, 0.2) is 0 Å². The maximum absolute atomic E-state index is 10.2. The predicted molar refractivity (Wildman–Crippen MR) is 35.1 cm³/mol. The average Bonchev–Trinajstić information content (AvgIpc) is 1.58. The molecule has 0 amide bonds. The summed E-state index contributed by atoms with van der Waals surface area (Å²) in [6.07, 6.45) is 0. The molecular formula is C4H6AlClO4. The summed E-state index contributed by atoms with van der Waals surface area (Å²) in [5.41, 5.74) is 0. The molecule has 0 unspecified atom stereocenters. The number of rotatable bonds is 2. The molecular weight excluding hydrogens is 174 g/mol. The lowest BCUT2D eigenvalue weighted by atomic mass is 10.9. The molecule has 0 aliphatic heterocycles. The standard InChI is InChI=1S/2C2H4O2.Al.ClH/c2*1-2(3)4;;/h2*1H3,(H,3,4);;1H/q;;+3;/p-3. The first-order valence-corrected chi connectivity index (χ1v) is 5.19. The molecule has 0 aromatic heterocycles. The molecule has 0 aliphatic carbocycles. The zero-order valence-corrected chi connectivity index (χ0v) is 7.50. The van der Waals surface area contributed by atoms with Crippen LogP contribution < -0.4 is 0 Å². The Hall–Kier alpha value is -0.238. The zero-order chi connectivity index (χ0) is 8.15. The molecule has 0 aliphatic rings. The number of hydrogen-bond donors (Lipinski definition) is 0. The van der Waals surface area contributed by atoms with Crippen molar-refractivity contribution < 1.29 is 17.2 Å². The molecule has 0 radical (unpaired) electrons. The van der Waals surface area contributed by atoms with E-state index in [2.05, 4.69) is 7.58 Å². The third-order valence-electron chi connectivity index (χ3n) is 0.517. The number of carbonyl (C=O) groups is 2. The van der Waals surface area contributed by atoms with Crippen molar-refractivity contribution in [1.82, 2.24) is 0 Å². The number of halogens is 1. The summed E-state index contributed by atoms with van der Waals surface area (Å²) in [5.74, 6) is -1.07. The van der Waals surface area contributed by atoms with Crippen LogP contribution in [0.1, 0.15) is 13.8 Å². The third-order valence-corrected chi connectivity index (χ3v) is 2.09. The van der Waals surface area contributed by atoms with Gasteiger partial charge in [-0.1, -0.05) is 0 Å². The molecule has 0 saturated heterocycles. The smallest absolute Gasteiger partial charge is 0.573 e. The van der Waals surface area contributed by atoms with E-state index in [1.54, 1.807) is 0 Å². The van der Waals surface area contributed by atoms with Crippen molar-refractivity contribution in [2.45, 2.75) is 13.8 Å². The second-order valence-corrected chi connectivity index (χ2v) is 3.58. The van der Waals surface area contributed by atoms with Crippen LogP contribution in [-0.2, 0) is 17.2 Å². The number of carbonyl (C=O) groups excluding carboxylic acids is 2. The van der Waals surface area contributed by atoms with Crippen LogP contribution in [0.25, 0.3) is 0 Å². The molecule has 10 heavy (non-hydrogen) atoms. The summed E-state index contributed by atoms with van der Waals surface area (Å²) in [6.45, 7) is 2.40. The molecule has 4 nitrogen and oxygen atoms in total. The minimum absolute atomic E-state index is 0.534. The van der Waals surface area contributed by atoms with Crippen molar-refractivity contribution in [3.8, 4) is 0 Å². The largest absolute Gasteiger partial charge is 1.00 e. The Morgan fingerprint density at radius 3 is 1.70 bits per heavy atom. The van der Waals surface area contributed by atoms with Crippen molar-refractivity contribution in [1.29, 1.82) is 0 Å². The van der Waals surface area contributed by atoms with Crippen LogP contribution in [0.3, 0.4) is 0 Å². The first-order chi connectivity index (χ1) is 4.52. The van der Waals surface area contributed by atoms with Gasteiger partial charge in [-0.2, -0.15) is 10.0 Å². The van der Waals surface area contributed by atoms with Gasteiger partial charge in [0.2, 0.25) is 0 Å². The normalized spacial score (nSPS) is 8.30. The molecule has 0 aromatic carbocycles. The predicted octanol–water partition coefficient (Wildman–Crippen LogP) is 0.336. The Bertz CT molecular complexity index is 132. The van der Waals surface area contributed by atoms with Gasteiger partial charge in [-0.05, 0) is 0 Å². The first kappa shape index (κ1) is 9.76. The van der Waals surface area contributed by atoms with Gasteiger partial charge in [-0.3, -0.25) is 9.59 Å². The van der Waals surface area contributed by atoms with Gasteiger partial charge in [-0.15, -0.1) is 0 Å². The molecule has 0 spiro atoms. The first-order valence-electron chi connectivity index (χ1n) is 2.51. The molecule has 0 N–H and O–H groups in total. The van der Waals surface area contributed by atoms with E-state index in [-0.39, 0.29) is 0 Å². The summed E-state index contributed by atoms with van der Waals surface area (Å²) in [5, 5.41) is 0. The minimum Gasteiger partial charge on any atom is -0.573 e. The van der Waals surface area contributed by atoms with E-state index in [0.717, 1.165) is 0 Å². The molecule has 0 heterocycles. The Kier molecular flexibility index (Phi) is 4.45. The van der Waals surface area contributed by atoms with Gasteiger partial charge in [0.05, 0.1) is 0 Å². The van der Waals surface area contributed by atoms with E-state index >= 15 is 0 Å². The fourth-order valence-electron chi connectivity index (χ4n) is 0.285. The maximum atomic E-state index is 10.2. The van der Waals surface area contributed by atoms with Crippen molar-refractivity contribution in [2.75, 3.05) is 0 Å². The van der Waals surface area contributed by atoms with Crippen LogP contribution in [0.2, 0.25) is 0 Å². The van der Waals surface area contributed by atoms with Crippen LogP contribution in [0.4, 0.5) is 0 Å². The molecule has 6 heteroatoms. The molecule has 0 aromatic rings. The Morgan fingerprint density at radius 2 is 1.50 bits per heavy atom.